The molecule has 2 aliphatic heterocycles. The van der Waals surface area contributed by atoms with Crippen LogP contribution < -0.4 is 10.1 Å². The lowest BCUT2D eigenvalue weighted by molar-refractivity contribution is -0.170. The van der Waals surface area contributed by atoms with Gasteiger partial charge in [0.1, 0.15) is 11.6 Å². The van der Waals surface area contributed by atoms with Gasteiger partial charge in [-0.05, 0) is 38.6 Å². The van der Waals surface area contributed by atoms with Crippen LogP contribution in [0.2, 0.25) is 0 Å². The molecule has 0 bridgehead atoms. The molecule has 2 aromatic rings. The van der Waals surface area contributed by atoms with Crippen molar-refractivity contribution in [3.05, 3.63) is 35.2 Å². The van der Waals surface area contributed by atoms with Crippen LogP contribution in [0, 0.1) is 0 Å². The standard InChI is InChI=1S/C22H32N6O3S.C6H8O7/c1-5-7-18-21-19(27(4)25-18)15-23-22(24-21)17-14-16(8-9-20(17)31-6-2)32(29,30)28-12-10-26(3)11-13-28;7-3(8)1-6(13,5(11)12)2-4(9)10/h8-9,14H,5-7,10-13,15H2,1-4H3,(H,23,24);13H,1-2H2,(H,7,8)(H,9,10)(H,11,12). The number of aryl methyl sites for hydroxylation is 2. The molecule has 0 aliphatic carbocycles. The first-order valence-electron chi connectivity index (χ1n) is 14.3. The molecule has 2 aliphatic rings. The Morgan fingerprint density at radius 1 is 1.02 bits per heavy atom. The van der Waals surface area contributed by atoms with Crippen molar-refractivity contribution in [3.63, 3.8) is 0 Å². The zero-order valence-electron chi connectivity index (χ0n) is 25.7. The first-order chi connectivity index (χ1) is 21.1. The number of carboxylic acids is 3. The molecule has 45 heavy (non-hydrogen) atoms. The van der Waals surface area contributed by atoms with E-state index in [0.717, 1.165) is 43.0 Å². The molecule has 0 atom stereocenters. The van der Waals surface area contributed by atoms with E-state index in [1.807, 2.05) is 25.7 Å². The van der Waals surface area contributed by atoms with Crippen LogP contribution in [0.3, 0.4) is 0 Å². The molecule has 0 unspecified atom stereocenters. The zero-order valence-corrected chi connectivity index (χ0v) is 26.5. The molecule has 1 aromatic carbocycles. The quantitative estimate of drug-likeness (QED) is 0.215. The fraction of sp³-hybridized carbons (Fsp3) is 0.536. The molecule has 0 amide bonds. The van der Waals surface area contributed by atoms with Gasteiger partial charge in [-0.3, -0.25) is 19.3 Å². The number of aliphatic imine (C=N–C) groups is 1. The number of piperazine rings is 1. The van der Waals surface area contributed by atoms with Gasteiger partial charge < -0.3 is 35.4 Å². The van der Waals surface area contributed by atoms with E-state index in [2.05, 4.69) is 22.2 Å². The van der Waals surface area contributed by atoms with Crippen molar-refractivity contribution in [1.29, 1.82) is 0 Å². The second-order valence-electron chi connectivity index (χ2n) is 10.7. The molecule has 1 fully saturated rings. The van der Waals surface area contributed by atoms with Crippen LogP contribution in [0.25, 0.3) is 0 Å². The molecule has 17 heteroatoms. The predicted octanol–water partition coefficient (Wildman–Crippen LogP) is 0.831. The molecule has 1 aromatic heterocycles. The maximum atomic E-state index is 13.3. The van der Waals surface area contributed by atoms with E-state index >= 15 is 0 Å². The van der Waals surface area contributed by atoms with E-state index in [4.69, 9.17) is 30.2 Å². The predicted molar refractivity (Wildman–Crippen MR) is 162 cm³/mol. The molecule has 4 rings (SSSR count). The number of fused-ring (bicyclic) bond motifs is 1. The number of rotatable bonds is 12. The number of likely N-dealkylation sites (N-methyl/N-ethyl adjacent to an activating group) is 1. The van der Waals surface area contributed by atoms with Gasteiger partial charge in [0, 0.05) is 33.2 Å². The minimum Gasteiger partial charge on any atom is -0.493 e. The number of ether oxygens (including phenoxy) is 1. The number of aliphatic hydroxyl groups is 1. The van der Waals surface area contributed by atoms with Crippen molar-refractivity contribution in [2.45, 2.75) is 56.6 Å². The third-order valence-corrected chi connectivity index (χ3v) is 9.14. The first-order valence-corrected chi connectivity index (χ1v) is 15.8. The number of hydrogen-bond acceptors (Lipinski definition) is 11. The maximum Gasteiger partial charge on any atom is 0.336 e. The number of aliphatic carboxylic acids is 3. The van der Waals surface area contributed by atoms with Crippen LogP contribution in [-0.2, 0) is 44.4 Å². The molecule has 5 N–H and O–H groups in total. The minimum atomic E-state index is -3.60. The van der Waals surface area contributed by atoms with Gasteiger partial charge in [-0.2, -0.15) is 9.40 Å². The van der Waals surface area contributed by atoms with Crippen LogP contribution >= 0.6 is 0 Å². The van der Waals surface area contributed by atoms with Gasteiger partial charge in [0.25, 0.3) is 0 Å². The lowest BCUT2D eigenvalue weighted by Gasteiger charge is -2.31. The Morgan fingerprint density at radius 2 is 1.64 bits per heavy atom. The van der Waals surface area contributed by atoms with E-state index in [1.165, 1.54) is 0 Å². The summed E-state index contributed by atoms with van der Waals surface area (Å²) in [4.78, 5) is 37.6. The largest absolute Gasteiger partial charge is 0.493 e. The maximum absolute atomic E-state index is 13.3. The van der Waals surface area contributed by atoms with Crippen molar-refractivity contribution >= 4 is 39.5 Å². The van der Waals surface area contributed by atoms with Crippen LogP contribution in [0.15, 0.2) is 28.1 Å². The number of nitrogens with one attached hydrogen (secondary N) is 1. The number of sulfonamides is 1. The lowest BCUT2D eigenvalue weighted by atomic mass is 9.96. The van der Waals surface area contributed by atoms with Crippen molar-refractivity contribution in [3.8, 4) is 5.75 Å². The molecule has 16 nitrogen and oxygen atoms in total. The lowest BCUT2D eigenvalue weighted by Crippen LogP contribution is -2.47. The third kappa shape index (κ3) is 8.56. The van der Waals surface area contributed by atoms with Gasteiger partial charge in [0.2, 0.25) is 10.0 Å². The molecule has 3 heterocycles. The Balaban J connectivity index is 0.000000360. The van der Waals surface area contributed by atoms with Crippen LogP contribution in [0.1, 0.15) is 50.1 Å². The van der Waals surface area contributed by atoms with Crippen LogP contribution in [0.5, 0.6) is 5.75 Å². The third-order valence-electron chi connectivity index (χ3n) is 7.25. The Kier molecular flexibility index (Phi) is 11.7. The summed E-state index contributed by atoms with van der Waals surface area (Å²) in [5.74, 6) is -3.79. The summed E-state index contributed by atoms with van der Waals surface area (Å²) in [6.45, 7) is 7.41. The highest BCUT2D eigenvalue weighted by Gasteiger charge is 2.40. The summed E-state index contributed by atoms with van der Waals surface area (Å²) in [6, 6.07) is 5.05. The SMILES string of the molecule is CCCc1nn(C)c2c1NC(c1cc(S(=O)(=O)N3CCN(C)CC3)ccc1OCC)=NC2.O=C(O)CC(O)(CC(=O)O)C(=O)O. The summed E-state index contributed by atoms with van der Waals surface area (Å²) >= 11 is 0. The Morgan fingerprint density at radius 3 is 2.18 bits per heavy atom. The Labute approximate surface area is 261 Å². The second-order valence-corrected chi connectivity index (χ2v) is 12.6. The summed E-state index contributed by atoms with van der Waals surface area (Å²) < 4.78 is 35.9. The molecule has 248 valence electrons. The molecular formula is C28H40N6O10S. The van der Waals surface area contributed by atoms with Crippen molar-refractivity contribution < 1.29 is 48.0 Å². The zero-order chi connectivity index (χ0) is 33.5. The molecule has 1 saturated heterocycles. The highest BCUT2D eigenvalue weighted by Crippen LogP contribution is 2.31. The number of hydrogen-bond donors (Lipinski definition) is 5. The van der Waals surface area contributed by atoms with E-state index in [0.29, 0.717) is 43.4 Å². The number of amidine groups is 1. The van der Waals surface area contributed by atoms with Gasteiger partial charge >= 0.3 is 17.9 Å². The number of carboxylic acid groups (broad SMARTS) is 3. The van der Waals surface area contributed by atoms with Gasteiger partial charge in [0.05, 0.1) is 53.5 Å². The summed E-state index contributed by atoms with van der Waals surface area (Å²) in [6.07, 6.45) is -0.441. The van der Waals surface area contributed by atoms with Gasteiger partial charge in [-0.1, -0.05) is 13.3 Å². The number of anilines is 1. The van der Waals surface area contributed by atoms with Crippen molar-refractivity contribution in [2.24, 2.45) is 12.0 Å². The van der Waals surface area contributed by atoms with Crippen LogP contribution in [-0.4, -0.2) is 117 Å². The van der Waals surface area contributed by atoms with E-state index in [9.17, 15) is 22.8 Å². The highest BCUT2D eigenvalue weighted by molar-refractivity contribution is 7.89. The van der Waals surface area contributed by atoms with E-state index in [1.54, 1.807) is 22.5 Å². The summed E-state index contributed by atoms with van der Waals surface area (Å²) in [5, 5.41) is 41.9. The van der Waals surface area contributed by atoms with Crippen molar-refractivity contribution in [1.82, 2.24) is 19.0 Å². The fourth-order valence-corrected chi connectivity index (χ4v) is 6.30. The first kappa shape index (κ1) is 35.4. The topological polar surface area (TPSA) is 224 Å². The highest BCUT2D eigenvalue weighted by atomic mass is 32.2. The average molecular weight is 653 g/mol. The Hall–Kier alpha value is -4.06. The molecule has 0 spiro atoms. The summed E-state index contributed by atoms with van der Waals surface area (Å²) in [7, 11) is 0.331. The smallest absolute Gasteiger partial charge is 0.336 e. The summed E-state index contributed by atoms with van der Waals surface area (Å²) in [5.41, 5.74) is 0.901. The number of nitrogens with zero attached hydrogens (tertiary/aromatic N) is 5. The average Bonchev–Trinajstić information content (AvgIpc) is 3.27. The molecule has 0 radical (unpaired) electrons. The molecular weight excluding hydrogens is 612 g/mol. The fourth-order valence-electron chi connectivity index (χ4n) is 4.85. The van der Waals surface area contributed by atoms with E-state index in [-0.39, 0.29) is 4.90 Å². The number of carbonyl (C=O) groups is 3. The van der Waals surface area contributed by atoms with Gasteiger partial charge in [-0.25, -0.2) is 13.2 Å². The number of aromatic nitrogens is 2. The van der Waals surface area contributed by atoms with Crippen molar-refractivity contribution in [2.75, 3.05) is 45.2 Å². The Bertz CT molecular complexity index is 1530. The van der Waals surface area contributed by atoms with Gasteiger partial charge in [0.15, 0.2) is 5.60 Å². The number of benzene rings is 1. The minimum absolute atomic E-state index is 0.260. The normalized spacial score (nSPS) is 15.6. The monoisotopic (exact) mass is 652 g/mol. The molecule has 0 saturated carbocycles. The van der Waals surface area contributed by atoms with Gasteiger partial charge in [-0.15, -0.1) is 0 Å². The second kappa shape index (κ2) is 14.8. The van der Waals surface area contributed by atoms with Crippen LogP contribution in [0.4, 0.5) is 5.69 Å². The van der Waals surface area contributed by atoms with E-state index < -0.39 is 46.4 Å².